The molecule has 1 aliphatic heterocycles. The lowest BCUT2D eigenvalue weighted by Gasteiger charge is -2.23. The summed E-state index contributed by atoms with van der Waals surface area (Å²) in [7, 11) is 0. The molecule has 3 nitrogen and oxygen atoms in total. The van der Waals surface area contributed by atoms with Gasteiger partial charge >= 0.3 is 0 Å². The molecule has 1 aromatic rings. The number of hydrogen-bond donors (Lipinski definition) is 1. The van der Waals surface area contributed by atoms with Crippen molar-refractivity contribution >= 4 is 0 Å². The van der Waals surface area contributed by atoms with Crippen LogP contribution in [0, 0.1) is 5.82 Å². The van der Waals surface area contributed by atoms with E-state index in [1.165, 1.54) is 12.1 Å². The van der Waals surface area contributed by atoms with Gasteiger partial charge in [0.15, 0.2) is 5.79 Å². The van der Waals surface area contributed by atoms with Crippen LogP contribution in [0.3, 0.4) is 0 Å². The lowest BCUT2D eigenvalue weighted by atomic mass is 10.1. The molecule has 17 heavy (non-hydrogen) atoms. The summed E-state index contributed by atoms with van der Waals surface area (Å²) in [4.78, 5) is 0. The lowest BCUT2D eigenvalue weighted by Crippen LogP contribution is -2.29. The van der Waals surface area contributed by atoms with Crippen LogP contribution in [0.15, 0.2) is 24.3 Å². The number of aliphatic hydroxyl groups excluding tert-OH is 1. The molecule has 1 saturated heterocycles. The Balaban J connectivity index is 1.96. The molecule has 0 radical (unpaired) electrons. The van der Waals surface area contributed by atoms with Crippen LogP contribution < -0.4 is 0 Å². The number of rotatable bonds is 4. The van der Waals surface area contributed by atoms with Gasteiger partial charge in [-0.1, -0.05) is 12.1 Å². The molecule has 1 heterocycles. The molecule has 94 valence electrons. The van der Waals surface area contributed by atoms with Gasteiger partial charge in [0.2, 0.25) is 0 Å². The largest absolute Gasteiger partial charge is 0.396 e. The summed E-state index contributed by atoms with van der Waals surface area (Å²) in [5.74, 6) is -0.914. The SMILES string of the molecule is CC1(Cc2ccc(F)cc2)OCC(CCO)O1. The molecule has 1 aromatic carbocycles. The standard InChI is InChI=1S/C13H17FO3/c1-13(16-9-12(17-13)6-7-15)8-10-2-4-11(14)5-3-10/h2-5,12,15H,6-9H2,1H3. The number of hydrogen-bond acceptors (Lipinski definition) is 3. The fourth-order valence-corrected chi connectivity index (χ4v) is 2.04. The average molecular weight is 240 g/mol. The third-order valence-electron chi connectivity index (χ3n) is 2.88. The fourth-order valence-electron chi connectivity index (χ4n) is 2.04. The highest BCUT2D eigenvalue weighted by molar-refractivity contribution is 5.17. The van der Waals surface area contributed by atoms with Gasteiger partial charge in [0.05, 0.1) is 12.7 Å². The van der Waals surface area contributed by atoms with Crippen molar-refractivity contribution in [2.24, 2.45) is 0 Å². The molecule has 0 amide bonds. The Hall–Kier alpha value is -0.970. The summed E-state index contributed by atoms with van der Waals surface area (Å²) in [6, 6.07) is 6.32. The monoisotopic (exact) mass is 240 g/mol. The summed E-state index contributed by atoms with van der Waals surface area (Å²) in [6.45, 7) is 2.46. The normalized spacial score (nSPS) is 28.5. The van der Waals surface area contributed by atoms with E-state index in [-0.39, 0.29) is 18.5 Å². The van der Waals surface area contributed by atoms with Gasteiger partial charge in [0.1, 0.15) is 5.82 Å². The van der Waals surface area contributed by atoms with Gasteiger partial charge in [-0.2, -0.15) is 0 Å². The van der Waals surface area contributed by atoms with Crippen LogP contribution in [-0.4, -0.2) is 30.2 Å². The highest BCUT2D eigenvalue weighted by atomic mass is 19.1. The molecule has 2 rings (SSSR count). The maximum absolute atomic E-state index is 12.8. The van der Waals surface area contributed by atoms with Crippen LogP contribution in [0.1, 0.15) is 18.9 Å². The van der Waals surface area contributed by atoms with Gasteiger partial charge in [-0.25, -0.2) is 4.39 Å². The van der Waals surface area contributed by atoms with E-state index in [2.05, 4.69) is 0 Å². The lowest BCUT2D eigenvalue weighted by molar-refractivity contribution is -0.153. The maximum atomic E-state index is 12.8. The second-order valence-electron chi connectivity index (χ2n) is 4.50. The van der Waals surface area contributed by atoms with Crippen molar-refractivity contribution in [2.75, 3.05) is 13.2 Å². The minimum Gasteiger partial charge on any atom is -0.396 e. The molecule has 2 atom stereocenters. The van der Waals surface area contributed by atoms with Crippen molar-refractivity contribution in [3.8, 4) is 0 Å². The van der Waals surface area contributed by atoms with Crippen LogP contribution in [-0.2, 0) is 15.9 Å². The topological polar surface area (TPSA) is 38.7 Å². The van der Waals surface area contributed by atoms with E-state index < -0.39 is 5.79 Å². The smallest absolute Gasteiger partial charge is 0.170 e. The third kappa shape index (κ3) is 3.25. The molecule has 0 aromatic heterocycles. The van der Waals surface area contributed by atoms with Gasteiger partial charge in [-0.15, -0.1) is 0 Å². The van der Waals surface area contributed by atoms with Gasteiger partial charge < -0.3 is 14.6 Å². The van der Waals surface area contributed by atoms with E-state index in [1.54, 1.807) is 12.1 Å². The predicted octanol–water partition coefficient (Wildman–Crippen LogP) is 1.88. The van der Waals surface area contributed by atoms with E-state index >= 15 is 0 Å². The number of aliphatic hydroxyl groups is 1. The molecule has 1 fully saturated rings. The number of ether oxygens (including phenoxy) is 2. The molecule has 0 bridgehead atoms. The second-order valence-corrected chi connectivity index (χ2v) is 4.50. The van der Waals surface area contributed by atoms with Crippen molar-refractivity contribution in [2.45, 2.75) is 31.7 Å². The van der Waals surface area contributed by atoms with E-state index in [9.17, 15) is 4.39 Å². The van der Waals surface area contributed by atoms with Crippen LogP contribution in [0.5, 0.6) is 0 Å². The first-order valence-corrected chi connectivity index (χ1v) is 5.78. The number of benzene rings is 1. The fraction of sp³-hybridized carbons (Fsp3) is 0.538. The van der Waals surface area contributed by atoms with Gasteiger partial charge in [-0.3, -0.25) is 0 Å². The van der Waals surface area contributed by atoms with Gasteiger partial charge in [0, 0.05) is 13.0 Å². The van der Waals surface area contributed by atoms with Crippen molar-refractivity contribution < 1.29 is 19.0 Å². The Kier molecular flexibility index (Phi) is 3.76. The Labute approximate surface area is 100 Å². The predicted molar refractivity (Wildman–Crippen MR) is 61.0 cm³/mol. The van der Waals surface area contributed by atoms with Gasteiger partial charge in [0.25, 0.3) is 0 Å². The first-order valence-electron chi connectivity index (χ1n) is 5.78. The van der Waals surface area contributed by atoms with Crippen LogP contribution in [0.25, 0.3) is 0 Å². The number of halogens is 1. The second kappa shape index (κ2) is 5.12. The first kappa shape index (κ1) is 12.5. The Morgan fingerprint density at radius 1 is 1.41 bits per heavy atom. The van der Waals surface area contributed by atoms with Crippen molar-refractivity contribution in [1.82, 2.24) is 0 Å². The van der Waals surface area contributed by atoms with E-state index in [4.69, 9.17) is 14.6 Å². The summed E-state index contributed by atoms with van der Waals surface area (Å²) >= 11 is 0. The molecule has 1 aliphatic rings. The van der Waals surface area contributed by atoms with Gasteiger partial charge in [-0.05, 0) is 31.0 Å². The highest BCUT2D eigenvalue weighted by Gasteiger charge is 2.36. The van der Waals surface area contributed by atoms with E-state index in [1.807, 2.05) is 6.92 Å². The quantitative estimate of drug-likeness (QED) is 0.873. The van der Waals surface area contributed by atoms with Crippen LogP contribution in [0.4, 0.5) is 4.39 Å². The molecular formula is C13H17FO3. The summed E-state index contributed by atoms with van der Waals surface area (Å²) in [5.41, 5.74) is 0.971. The van der Waals surface area contributed by atoms with Crippen molar-refractivity contribution in [3.05, 3.63) is 35.6 Å². The Morgan fingerprint density at radius 2 is 2.12 bits per heavy atom. The molecule has 4 heteroatoms. The molecule has 0 spiro atoms. The average Bonchev–Trinajstić information content (AvgIpc) is 2.64. The minimum absolute atomic E-state index is 0.0505. The molecular weight excluding hydrogens is 223 g/mol. The third-order valence-corrected chi connectivity index (χ3v) is 2.88. The minimum atomic E-state index is -0.669. The first-order chi connectivity index (χ1) is 8.11. The Bertz CT molecular complexity index is 365. The molecule has 0 saturated carbocycles. The summed E-state index contributed by atoms with van der Waals surface area (Å²) < 4.78 is 24.1. The van der Waals surface area contributed by atoms with Crippen LogP contribution in [0.2, 0.25) is 0 Å². The highest BCUT2D eigenvalue weighted by Crippen LogP contribution is 2.28. The zero-order valence-corrected chi connectivity index (χ0v) is 9.86. The van der Waals surface area contributed by atoms with Crippen molar-refractivity contribution in [3.63, 3.8) is 0 Å². The summed E-state index contributed by atoms with van der Waals surface area (Å²) in [5, 5.41) is 8.84. The van der Waals surface area contributed by atoms with E-state index in [0.29, 0.717) is 19.4 Å². The van der Waals surface area contributed by atoms with E-state index in [0.717, 1.165) is 5.56 Å². The molecule has 1 N–H and O–H groups in total. The zero-order chi connectivity index (χ0) is 12.3. The van der Waals surface area contributed by atoms with Crippen molar-refractivity contribution in [1.29, 1.82) is 0 Å². The molecule has 2 unspecified atom stereocenters. The maximum Gasteiger partial charge on any atom is 0.170 e. The van der Waals surface area contributed by atoms with Crippen LogP contribution >= 0.6 is 0 Å². The summed E-state index contributed by atoms with van der Waals surface area (Å²) in [6.07, 6.45) is 1.11. The molecule has 0 aliphatic carbocycles. The Morgan fingerprint density at radius 3 is 2.76 bits per heavy atom. The zero-order valence-electron chi connectivity index (χ0n) is 9.86.